The normalized spacial score (nSPS) is 10.9. The lowest BCUT2D eigenvalue weighted by Gasteiger charge is -2.10. The first-order valence-corrected chi connectivity index (χ1v) is 8.92. The van der Waals surface area contributed by atoms with E-state index in [-0.39, 0.29) is 23.3 Å². The van der Waals surface area contributed by atoms with Crippen LogP contribution in [-0.2, 0) is 4.79 Å². The third-order valence-electron chi connectivity index (χ3n) is 4.26. The Kier molecular flexibility index (Phi) is 6.24. The molecule has 3 rings (SSSR count). The van der Waals surface area contributed by atoms with Crippen molar-refractivity contribution in [2.24, 2.45) is 10.8 Å². The molecule has 1 amide bonds. The molecular formula is C20H20N4O7. The number of carbonyl (C=O) groups excluding carboxylic acids is 1. The topological polar surface area (TPSA) is 147 Å². The van der Waals surface area contributed by atoms with Gasteiger partial charge in [0.1, 0.15) is 0 Å². The number of rotatable bonds is 8. The highest BCUT2D eigenvalue weighted by molar-refractivity contribution is 5.83. The van der Waals surface area contributed by atoms with Crippen molar-refractivity contribution in [3.63, 3.8) is 0 Å². The van der Waals surface area contributed by atoms with Gasteiger partial charge in [-0.2, -0.15) is 5.10 Å². The number of aromatic amines is 1. The summed E-state index contributed by atoms with van der Waals surface area (Å²) in [5.41, 5.74) is 4.49. The minimum atomic E-state index is -0.736. The largest absolute Gasteiger partial charge is 0.493 e. The molecule has 11 nitrogen and oxygen atoms in total. The lowest BCUT2D eigenvalue weighted by molar-refractivity contribution is -0.119. The number of benzene rings is 2. The zero-order valence-corrected chi connectivity index (χ0v) is 17.0. The molecule has 0 saturated carbocycles. The summed E-state index contributed by atoms with van der Waals surface area (Å²) in [4.78, 5) is 38.8. The van der Waals surface area contributed by atoms with Gasteiger partial charge in [0.2, 0.25) is 0 Å². The Morgan fingerprint density at radius 1 is 1.03 bits per heavy atom. The third-order valence-corrected chi connectivity index (χ3v) is 4.26. The van der Waals surface area contributed by atoms with E-state index in [1.165, 1.54) is 45.7 Å². The van der Waals surface area contributed by atoms with Crippen LogP contribution in [0.2, 0.25) is 0 Å². The van der Waals surface area contributed by atoms with Crippen LogP contribution in [0.3, 0.4) is 0 Å². The van der Waals surface area contributed by atoms with Gasteiger partial charge in [0.05, 0.1) is 38.4 Å². The number of methoxy groups -OCH3 is 3. The van der Waals surface area contributed by atoms with Crippen LogP contribution in [-0.4, -0.2) is 49.7 Å². The van der Waals surface area contributed by atoms with E-state index in [1.54, 1.807) is 12.1 Å². The Bertz CT molecular complexity index is 1280. The maximum atomic E-state index is 12.8. The lowest BCUT2D eigenvalue weighted by Crippen LogP contribution is -2.32. The van der Waals surface area contributed by atoms with Crippen LogP contribution in [0.15, 0.2) is 45.0 Å². The van der Waals surface area contributed by atoms with E-state index >= 15 is 0 Å². The number of H-pyrrole nitrogens is 1. The van der Waals surface area contributed by atoms with Gasteiger partial charge in [0, 0.05) is 6.07 Å². The van der Waals surface area contributed by atoms with Gasteiger partial charge in [-0.3, -0.25) is 9.59 Å². The molecule has 0 fully saturated rings. The summed E-state index contributed by atoms with van der Waals surface area (Å²) in [6, 6.07) is 7.70. The van der Waals surface area contributed by atoms with Gasteiger partial charge in [-0.25, -0.2) is 4.79 Å². The van der Waals surface area contributed by atoms with Gasteiger partial charge in [-0.05, 0) is 29.8 Å². The number of fused-ring (bicyclic) bond motifs is 1. The number of nitrogens with one attached hydrogen (secondary N) is 1. The Hall–Kier alpha value is -4.28. The fourth-order valence-electron chi connectivity index (χ4n) is 2.80. The number of hydrogen-bond acceptors (Lipinski definition) is 8. The maximum absolute atomic E-state index is 12.8. The lowest BCUT2D eigenvalue weighted by atomic mass is 10.2. The van der Waals surface area contributed by atoms with E-state index in [2.05, 4.69) is 10.1 Å². The minimum Gasteiger partial charge on any atom is -0.493 e. The molecule has 11 heteroatoms. The number of aromatic nitrogens is 2. The minimum absolute atomic E-state index is 0.189. The molecule has 0 saturated heterocycles. The van der Waals surface area contributed by atoms with Crippen LogP contribution in [0.4, 0.5) is 0 Å². The van der Waals surface area contributed by atoms with Crippen molar-refractivity contribution in [2.45, 2.75) is 0 Å². The van der Waals surface area contributed by atoms with Crippen molar-refractivity contribution < 1.29 is 23.7 Å². The predicted octanol–water partition coefficient (Wildman–Crippen LogP) is 0.462. The second-order valence-electron chi connectivity index (χ2n) is 6.21. The van der Waals surface area contributed by atoms with E-state index in [9.17, 15) is 14.4 Å². The van der Waals surface area contributed by atoms with Crippen LogP contribution in [0, 0.1) is 0 Å². The molecular weight excluding hydrogens is 408 g/mol. The van der Waals surface area contributed by atoms with Crippen LogP contribution < -0.4 is 35.9 Å². The molecule has 0 unspecified atom stereocenters. The van der Waals surface area contributed by atoms with Crippen LogP contribution in [0.5, 0.6) is 23.0 Å². The molecule has 0 aliphatic rings. The Balaban J connectivity index is 2.03. The van der Waals surface area contributed by atoms with Gasteiger partial charge >= 0.3 is 5.69 Å². The van der Waals surface area contributed by atoms with Crippen molar-refractivity contribution >= 4 is 23.0 Å². The highest BCUT2D eigenvalue weighted by atomic mass is 16.5. The van der Waals surface area contributed by atoms with Crippen molar-refractivity contribution in [1.29, 1.82) is 0 Å². The molecule has 0 bridgehead atoms. The van der Waals surface area contributed by atoms with Gasteiger partial charge in [-0.15, -0.1) is 4.68 Å². The molecule has 31 heavy (non-hydrogen) atoms. The van der Waals surface area contributed by atoms with Crippen molar-refractivity contribution in [3.8, 4) is 23.0 Å². The van der Waals surface area contributed by atoms with E-state index < -0.39 is 17.2 Å². The quantitative estimate of drug-likeness (QED) is 0.495. The first-order valence-electron chi connectivity index (χ1n) is 8.92. The molecule has 0 radical (unpaired) electrons. The smallest absolute Gasteiger partial charge is 0.349 e. The number of amides is 1. The highest BCUT2D eigenvalue weighted by Crippen LogP contribution is 2.29. The number of carbonyl (C=O) groups is 1. The molecule has 1 heterocycles. The second kappa shape index (κ2) is 9.03. The monoisotopic (exact) mass is 428 g/mol. The Morgan fingerprint density at radius 2 is 1.71 bits per heavy atom. The van der Waals surface area contributed by atoms with Gasteiger partial charge in [0.25, 0.3) is 11.5 Å². The van der Waals surface area contributed by atoms with E-state index in [4.69, 9.17) is 24.7 Å². The molecule has 1 aromatic heterocycles. The molecule has 0 atom stereocenters. The van der Waals surface area contributed by atoms with Crippen molar-refractivity contribution in [2.75, 3.05) is 27.9 Å². The van der Waals surface area contributed by atoms with Crippen LogP contribution in [0.25, 0.3) is 10.9 Å². The van der Waals surface area contributed by atoms with E-state index in [0.717, 1.165) is 0 Å². The molecule has 0 spiro atoms. The van der Waals surface area contributed by atoms with Gasteiger partial charge in [0.15, 0.2) is 29.6 Å². The number of ether oxygens (including phenoxy) is 4. The first kappa shape index (κ1) is 21.4. The van der Waals surface area contributed by atoms with E-state index in [1.807, 2.05) is 0 Å². The SMILES string of the molecule is COc1cc2[nH]c(=O)n(N=Cc3ccc(OC)c(OCC(N)=O)c3)c(=O)c2cc1OC. The van der Waals surface area contributed by atoms with Gasteiger partial charge < -0.3 is 29.7 Å². The predicted molar refractivity (Wildman–Crippen MR) is 113 cm³/mol. The summed E-state index contributed by atoms with van der Waals surface area (Å²) < 4.78 is 21.6. The zero-order chi connectivity index (χ0) is 22.5. The molecule has 3 aromatic rings. The molecule has 2 aromatic carbocycles. The van der Waals surface area contributed by atoms with Crippen molar-refractivity contribution in [3.05, 3.63) is 56.7 Å². The number of primary amides is 1. The molecule has 162 valence electrons. The van der Waals surface area contributed by atoms with Gasteiger partial charge in [-0.1, -0.05) is 0 Å². The Morgan fingerprint density at radius 3 is 2.35 bits per heavy atom. The second-order valence-corrected chi connectivity index (χ2v) is 6.21. The number of hydrogen-bond donors (Lipinski definition) is 2. The molecule has 0 aliphatic carbocycles. The third kappa shape index (κ3) is 4.50. The summed E-state index contributed by atoms with van der Waals surface area (Å²) >= 11 is 0. The number of nitrogens with zero attached hydrogens (tertiary/aromatic N) is 2. The fraction of sp³-hybridized carbons (Fsp3) is 0.200. The van der Waals surface area contributed by atoms with E-state index in [0.29, 0.717) is 27.5 Å². The summed E-state index contributed by atoms with van der Waals surface area (Å²) in [6.07, 6.45) is 1.29. The highest BCUT2D eigenvalue weighted by Gasteiger charge is 2.13. The molecule has 0 aliphatic heterocycles. The maximum Gasteiger partial charge on any atom is 0.349 e. The summed E-state index contributed by atoms with van der Waals surface area (Å²) in [5.74, 6) is 0.679. The molecule has 3 N–H and O–H groups in total. The fourth-order valence-corrected chi connectivity index (χ4v) is 2.80. The van der Waals surface area contributed by atoms with Crippen LogP contribution >= 0.6 is 0 Å². The standard InChI is InChI=1S/C20H20N4O7/c1-28-14-5-4-11(6-17(14)31-10-18(21)25)9-22-24-19(26)12-7-15(29-2)16(30-3)8-13(12)23-20(24)27/h4-9H,10H2,1-3H3,(H2,21,25)(H,23,27). The average molecular weight is 428 g/mol. The number of nitrogens with two attached hydrogens (primary N) is 1. The Labute approximate surface area is 175 Å². The van der Waals surface area contributed by atoms with Crippen LogP contribution in [0.1, 0.15) is 5.56 Å². The first-order chi connectivity index (χ1) is 14.9. The van der Waals surface area contributed by atoms with Crippen molar-refractivity contribution in [1.82, 2.24) is 9.66 Å². The summed E-state index contributed by atoms with van der Waals surface area (Å²) in [7, 11) is 4.33. The average Bonchev–Trinajstić information content (AvgIpc) is 2.76. The zero-order valence-electron chi connectivity index (χ0n) is 17.0. The summed E-state index contributed by atoms with van der Waals surface area (Å²) in [6.45, 7) is -0.341. The summed E-state index contributed by atoms with van der Waals surface area (Å²) in [5, 5.41) is 4.18.